The van der Waals surface area contributed by atoms with Crippen LogP contribution in [-0.4, -0.2) is 42.1 Å². The SMILES string of the molecule is Cc1ccc(O)c(C(=O)C=CN2CCOCC2)c1. The Morgan fingerprint density at radius 1 is 1.39 bits per heavy atom. The molecule has 1 heterocycles. The normalized spacial score (nSPS) is 16.2. The third kappa shape index (κ3) is 3.11. The average Bonchev–Trinajstić information content (AvgIpc) is 2.40. The number of nitrogens with zero attached hydrogens (tertiary/aromatic N) is 1. The number of benzene rings is 1. The maximum absolute atomic E-state index is 12.0. The number of morpholine rings is 1. The molecule has 1 N–H and O–H groups in total. The minimum atomic E-state index is -0.178. The molecule has 4 heteroatoms. The largest absolute Gasteiger partial charge is 0.507 e. The van der Waals surface area contributed by atoms with Crippen LogP contribution in [0.25, 0.3) is 0 Å². The zero-order valence-electron chi connectivity index (χ0n) is 10.4. The highest BCUT2D eigenvalue weighted by atomic mass is 16.5. The Balaban J connectivity index is 2.06. The van der Waals surface area contributed by atoms with Crippen molar-refractivity contribution in [3.05, 3.63) is 41.6 Å². The van der Waals surface area contributed by atoms with E-state index in [1.807, 2.05) is 11.8 Å². The molecule has 1 aliphatic rings. The van der Waals surface area contributed by atoms with Gasteiger partial charge in [0.15, 0.2) is 5.78 Å². The highest BCUT2D eigenvalue weighted by molar-refractivity contribution is 6.06. The summed E-state index contributed by atoms with van der Waals surface area (Å²) in [7, 11) is 0. The van der Waals surface area contributed by atoms with Gasteiger partial charge in [-0.05, 0) is 19.1 Å². The summed E-state index contributed by atoms with van der Waals surface area (Å²) in [5, 5.41) is 9.65. The second-order valence-electron chi connectivity index (χ2n) is 4.35. The molecule has 0 amide bonds. The van der Waals surface area contributed by atoms with Crippen molar-refractivity contribution in [2.24, 2.45) is 0 Å². The van der Waals surface area contributed by atoms with Crippen LogP contribution < -0.4 is 0 Å². The predicted octanol–water partition coefficient (Wildman–Crippen LogP) is 1.73. The van der Waals surface area contributed by atoms with Crippen molar-refractivity contribution < 1.29 is 14.6 Å². The molecule has 0 aliphatic carbocycles. The number of ketones is 1. The molecule has 18 heavy (non-hydrogen) atoms. The minimum absolute atomic E-state index is 0.0252. The summed E-state index contributed by atoms with van der Waals surface area (Å²) in [4.78, 5) is 14.0. The summed E-state index contributed by atoms with van der Waals surface area (Å²) in [5.41, 5.74) is 1.30. The molecule has 4 nitrogen and oxygen atoms in total. The lowest BCUT2D eigenvalue weighted by molar-refractivity contribution is 0.0591. The van der Waals surface area contributed by atoms with Crippen LogP contribution in [0.3, 0.4) is 0 Å². The van der Waals surface area contributed by atoms with Gasteiger partial charge in [-0.2, -0.15) is 0 Å². The summed E-state index contributed by atoms with van der Waals surface area (Å²) >= 11 is 0. The van der Waals surface area contributed by atoms with E-state index in [1.165, 1.54) is 6.08 Å². The van der Waals surface area contributed by atoms with Crippen LogP contribution in [0.15, 0.2) is 30.5 Å². The van der Waals surface area contributed by atoms with Crippen LogP contribution in [0.1, 0.15) is 15.9 Å². The minimum Gasteiger partial charge on any atom is -0.507 e. The molecular formula is C14H17NO3. The number of aryl methyl sites for hydroxylation is 1. The highest BCUT2D eigenvalue weighted by Crippen LogP contribution is 2.19. The monoisotopic (exact) mass is 247 g/mol. The van der Waals surface area contributed by atoms with Gasteiger partial charge >= 0.3 is 0 Å². The summed E-state index contributed by atoms with van der Waals surface area (Å²) in [6, 6.07) is 5.02. The van der Waals surface area contributed by atoms with E-state index in [0.717, 1.165) is 18.7 Å². The van der Waals surface area contributed by atoms with Gasteiger partial charge < -0.3 is 14.7 Å². The van der Waals surface area contributed by atoms with Gasteiger partial charge in [0.1, 0.15) is 5.75 Å². The van der Waals surface area contributed by atoms with Gasteiger partial charge in [-0.25, -0.2) is 0 Å². The van der Waals surface area contributed by atoms with Crippen molar-refractivity contribution >= 4 is 5.78 Å². The van der Waals surface area contributed by atoms with E-state index >= 15 is 0 Å². The lowest BCUT2D eigenvalue weighted by atomic mass is 10.1. The van der Waals surface area contributed by atoms with Crippen molar-refractivity contribution in [1.29, 1.82) is 0 Å². The molecule has 0 unspecified atom stereocenters. The predicted molar refractivity (Wildman–Crippen MR) is 68.7 cm³/mol. The van der Waals surface area contributed by atoms with Crippen molar-refractivity contribution in [3.63, 3.8) is 0 Å². The number of aromatic hydroxyl groups is 1. The Bertz CT molecular complexity index is 462. The second-order valence-corrected chi connectivity index (χ2v) is 4.35. The molecule has 1 fully saturated rings. The molecular weight excluding hydrogens is 230 g/mol. The first-order valence-corrected chi connectivity index (χ1v) is 6.01. The van der Waals surface area contributed by atoms with Gasteiger partial charge in [0.25, 0.3) is 0 Å². The number of hydrogen-bond acceptors (Lipinski definition) is 4. The van der Waals surface area contributed by atoms with E-state index in [9.17, 15) is 9.90 Å². The van der Waals surface area contributed by atoms with E-state index in [2.05, 4.69) is 0 Å². The summed E-state index contributed by atoms with van der Waals surface area (Å²) < 4.78 is 5.23. The van der Waals surface area contributed by atoms with Crippen LogP contribution >= 0.6 is 0 Å². The zero-order valence-corrected chi connectivity index (χ0v) is 10.4. The van der Waals surface area contributed by atoms with Crippen molar-refractivity contribution in [1.82, 2.24) is 4.90 Å². The standard InChI is InChI=1S/C14H17NO3/c1-11-2-3-13(16)12(10-11)14(17)4-5-15-6-8-18-9-7-15/h2-5,10,16H,6-9H2,1H3. The molecule has 1 aliphatic heterocycles. The molecule has 1 aromatic carbocycles. The number of rotatable bonds is 3. The first-order valence-electron chi connectivity index (χ1n) is 6.01. The summed E-state index contributed by atoms with van der Waals surface area (Å²) in [6.07, 6.45) is 3.27. The Hall–Kier alpha value is -1.81. The van der Waals surface area contributed by atoms with Crippen LogP contribution in [0.5, 0.6) is 5.75 Å². The first kappa shape index (κ1) is 12.6. The molecule has 0 atom stereocenters. The van der Waals surface area contributed by atoms with Crippen LogP contribution in [0.2, 0.25) is 0 Å². The average molecular weight is 247 g/mol. The zero-order chi connectivity index (χ0) is 13.0. The Kier molecular flexibility index (Phi) is 3.99. The van der Waals surface area contributed by atoms with Gasteiger partial charge in [0.2, 0.25) is 0 Å². The molecule has 96 valence electrons. The number of phenolic OH excluding ortho intramolecular Hbond substituents is 1. The number of carbonyl (C=O) groups is 1. The van der Waals surface area contributed by atoms with E-state index in [-0.39, 0.29) is 11.5 Å². The number of carbonyl (C=O) groups excluding carboxylic acids is 1. The second kappa shape index (κ2) is 5.69. The van der Waals surface area contributed by atoms with Crippen molar-refractivity contribution in [2.75, 3.05) is 26.3 Å². The van der Waals surface area contributed by atoms with Gasteiger partial charge in [0, 0.05) is 25.4 Å². The molecule has 0 bridgehead atoms. The summed E-state index contributed by atoms with van der Waals surface area (Å²) in [6.45, 7) is 4.86. The number of phenols is 1. The van der Waals surface area contributed by atoms with Crippen molar-refractivity contribution in [3.8, 4) is 5.75 Å². The van der Waals surface area contributed by atoms with Gasteiger partial charge in [-0.15, -0.1) is 0 Å². The number of allylic oxidation sites excluding steroid dienone is 1. The lowest BCUT2D eigenvalue weighted by Crippen LogP contribution is -2.32. The first-order chi connectivity index (χ1) is 8.66. The fourth-order valence-electron chi connectivity index (χ4n) is 1.84. The van der Waals surface area contributed by atoms with Crippen LogP contribution in [-0.2, 0) is 4.74 Å². The Morgan fingerprint density at radius 2 is 2.11 bits per heavy atom. The number of ether oxygens (including phenoxy) is 1. The maximum atomic E-state index is 12.0. The fraction of sp³-hybridized carbons (Fsp3) is 0.357. The fourth-order valence-corrected chi connectivity index (χ4v) is 1.84. The molecule has 0 radical (unpaired) electrons. The summed E-state index contributed by atoms with van der Waals surface area (Å²) in [5.74, 6) is -0.153. The third-order valence-electron chi connectivity index (χ3n) is 2.90. The molecule has 2 rings (SSSR count). The molecule has 0 saturated carbocycles. The van der Waals surface area contributed by atoms with Crippen LogP contribution in [0.4, 0.5) is 0 Å². The van der Waals surface area contributed by atoms with Gasteiger partial charge in [0.05, 0.1) is 18.8 Å². The maximum Gasteiger partial charge on any atom is 0.191 e. The molecule has 0 aromatic heterocycles. The smallest absolute Gasteiger partial charge is 0.191 e. The highest BCUT2D eigenvalue weighted by Gasteiger charge is 2.10. The quantitative estimate of drug-likeness (QED) is 0.653. The van der Waals surface area contributed by atoms with E-state index in [4.69, 9.17) is 4.74 Å². The van der Waals surface area contributed by atoms with E-state index in [0.29, 0.717) is 18.8 Å². The van der Waals surface area contributed by atoms with Gasteiger partial charge in [-0.3, -0.25) is 4.79 Å². The third-order valence-corrected chi connectivity index (χ3v) is 2.90. The topological polar surface area (TPSA) is 49.8 Å². The lowest BCUT2D eigenvalue weighted by Gasteiger charge is -2.24. The Labute approximate surface area is 106 Å². The molecule has 0 spiro atoms. The number of hydrogen-bond donors (Lipinski definition) is 1. The van der Waals surface area contributed by atoms with Crippen LogP contribution in [0, 0.1) is 6.92 Å². The van der Waals surface area contributed by atoms with E-state index < -0.39 is 0 Å². The Morgan fingerprint density at radius 3 is 2.83 bits per heavy atom. The van der Waals surface area contributed by atoms with Gasteiger partial charge in [-0.1, -0.05) is 11.6 Å². The van der Waals surface area contributed by atoms with Crippen molar-refractivity contribution in [2.45, 2.75) is 6.92 Å². The van der Waals surface area contributed by atoms with E-state index in [1.54, 1.807) is 24.4 Å². The molecule has 1 aromatic rings. The molecule has 1 saturated heterocycles.